The lowest BCUT2D eigenvalue weighted by Gasteiger charge is -2.23. The van der Waals surface area contributed by atoms with Gasteiger partial charge in [0.1, 0.15) is 17.1 Å². The fourth-order valence-electron chi connectivity index (χ4n) is 4.99. The van der Waals surface area contributed by atoms with Crippen molar-refractivity contribution in [3.8, 4) is 5.75 Å². The zero-order chi connectivity index (χ0) is 28.8. The van der Waals surface area contributed by atoms with Gasteiger partial charge in [-0.05, 0) is 47.9 Å². The molecular weight excluding hydrogens is 532 g/mol. The molecule has 3 heterocycles. The molecule has 0 bridgehead atoms. The van der Waals surface area contributed by atoms with E-state index in [2.05, 4.69) is 26.0 Å². The van der Waals surface area contributed by atoms with Gasteiger partial charge in [0, 0.05) is 25.1 Å². The Morgan fingerprint density at radius 2 is 1.95 bits per heavy atom. The van der Waals surface area contributed by atoms with E-state index in [-0.39, 0.29) is 41.5 Å². The van der Waals surface area contributed by atoms with Gasteiger partial charge in [-0.15, -0.1) is 0 Å². The molecule has 0 fully saturated rings. The molecule has 2 aromatic carbocycles. The Hall–Kier alpha value is -5.30. The average molecular weight is 557 g/mol. The van der Waals surface area contributed by atoms with Crippen LogP contribution < -0.4 is 20.7 Å². The van der Waals surface area contributed by atoms with Crippen molar-refractivity contribution in [1.82, 2.24) is 25.2 Å². The van der Waals surface area contributed by atoms with Gasteiger partial charge < -0.3 is 30.9 Å². The van der Waals surface area contributed by atoms with Gasteiger partial charge in [0.05, 0.1) is 29.6 Å². The quantitative estimate of drug-likeness (QED) is 0.235. The number of amides is 3. The van der Waals surface area contributed by atoms with Crippen LogP contribution in [-0.4, -0.2) is 60.7 Å². The summed E-state index contributed by atoms with van der Waals surface area (Å²) >= 11 is 0. The van der Waals surface area contributed by atoms with Crippen LogP contribution in [0.2, 0.25) is 0 Å². The van der Waals surface area contributed by atoms with E-state index in [0.717, 1.165) is 0 Å². The fraction of sp³-hybridized carbons (Fsp3) is 0.214. The number of aliphatic hydroxyl groups is 1. The topological polar surface area (TPSA) is 184 Å². The van der Waals surface area contributed by atoms with E-state index < -0.39 is 36.0 Å². The standard InChI is InChI=1S/C28H24N6O7/c1-13-25(36)32-18-8-14(2-5-22(18)41-13)12-29-26(37)19-11-20(34-23(31-19)6-7-30-34)27(38)33-24-17-4-3-15(28(39)40)9-16(17)10-21(24)35/h2-9,11,13,21,24,35H,10,12H2,1H3,(H,29,37)(H,32,36)(H,33,38)(H,39,40)/t13?,21-,24+/m0/s1. The first-order valence-electron chi connectivity index (χ1n) is 12.8. The van der Waals surface area contributed by atoms with Crippen LogP contribution in [0.15, 0.2) is 54.7 Å². The zero-order valence-corrected chi connectivity index (χ0v) is 21.6. The van der Waals surface area contributed by atoms with Crippen molar-refractivity contribution >= 4 is 35.0 Å². The van der Waals surface area contributed by atoms with Crippen molar-refractivity contribution in [3.63, 3.8) is 0 Å². The monoisotopic (exact) mass is 556 g/mol. The number of carbonyl (C=O) groups excluding carboxylic acids is 3. The number of rotatable bonds is 6. The van der Waals surface area contributed by atoms with Crippen LogP contribution >= 0.6 is 0 Å². The maximum atomic E-state index is 13.4. The molecule has 6 rings (SSSR count). The first-order valence-corrected chi connectivity index (χ1v) is 12.8. The Morgan fingerprint density at radius 1 is 1.12 bits per heavy atom. The maximum Gasteiger partial charge on any atom is 0.335 e. The highest BCUT2D eigenvalue weighted by Gasteiger charge is 2.34. The predicted octanol–water partition coefficient (Wildman–Crippen LogP) is 1.46. The number of benzene rings is 2. The molecule has 3 amide bonds. The van der Waals surface area contributed by atoms with Gasteiger partial charge in [-0.2, -0.15) is 5.10 Å². The third kappa shape index (κ3) is 4.82. The number of aromatic carboxylic acids is 1. The van der Waals surface area contributed by atoms with E-state index in [1.165, 1.54) is 28.9 Å². The molecule has 2 aromatic heterocycles. The van der Waals surface area contributed by atoms with Crippen molar-refractivity contribution in [1.29, 1.82) is 0 Å². The first kappa shape index (κ1) is 26.0. The maximum absolute atomic E-state index is 13.4. The van der Waals surface area contributed by atoms with Gasteiger partial charge in [-0.3, -0.25) is 14.4 Å². The average Bonchev–Trinajstić information content (AvgIpc) is 3.55. The third-order valence-corrected chi connectivity index (χ3v) is 7.08. The van der Waals surface area contributed by atoms with E-state index in [1.807, 2.05) is 0 Å². The molecule has 1 aliphatic carbocycles. The molecule has 208 valence electrons. The van der Waals surface area contributed by atoms with Crippen molar-refractivity contribution in [2.45, 2.75) is 38.1 Å². The van der Waals surface area contributed by atoms with Crippen LogP contribution in [0.25, 0.3) is 5.65 Å². The van der Waals surface area contributed by atoms with E-state index in [0.29, 0.717) is 28.1 Å². The Bertz CT molecular complexity index is 1750. The number of ether oxygens (including phenoxy) is 1. The Morgan fingerprint density at radius 3 is 2.76 bits per heavy atom. The van der Waals surface area contributed by atoms with Crippen molar-refractivity contribution < 1.29 is 34.1 Å². The minimum Gasteiger partial charge on any atom is -0.479 e. The second-order valence-corrected chi connectivity index (χ2v) is 9.83. The number of nitrogens with zero attached hydrogens (tertiary/aromatic N) is 3. The summed E-state index contributed by atoms with van der Waals surface area (Å²) in [6.07, 6.45) is 0.0597. The molecule has 2 aliphatic rings. The highest BCUT2D eigenvalue weighted by Crippen LogP contribution is 2.33. The normalized spacial score (nSPS) is 19.1. The molecule has 13 nitrogen and oxygen atoms in total. The molecule has 5 N–H and O–H groups in total. The number of aromatic nitrogens is 3. The largest absolute Gasteiger partial charge is 0.479 e. The number of fused-ring (bicyclic) bond motifs is 3. The zero-order valence-electron chi connectivity index (χ0n) is 21.6. The van der Waals surface area contributed by atoms with E-state index in [4.69, 9.17) is 4.74 Å². The number of anilines is 1. The van der Waals surface area contributed by atoms with Gasteiger partial charge in [0.15, 0.2) is 11.8 Å². The number of carboxylic acid groups (broad SMARTS) is 1. The van der Waals surface area contributed by atoms with Gasteiger partial charge in [0.2, 0.25) is 0 Å². The molecule has 3 atom stereocenters. The van der Waals surface area contributed by atoms with Crippen LogP contribution in [0.4, 0.5) is 5.69 Å². The van der Waals surface area contributed by atoms with Gasteiger partial charge in [-0.1, -0.05) is 12.1 Å². The van der Waals surface area contributed by atoms with E-state index >= 15 is 0 Å². The lowest BCUT2D eigenvalue weighted by Crippen LogP contribution is -2.35. The summed E-state index contributed by atoms with van der Waals surface area (Å²) in [6.45, 7) is 1.77. The Balaban J connectivity index is 1.21. The van der Waals surface area contributed by atoms with Crippen LogP contribution in [0.1, 0.15) is 61.0 Å². The third-order valence-electron chi connectivity index (χ3n) is 7.08. The number of hydrogen-bond donors (Lipinski definition) is 5. The highest BCUT2D eigenvalue weighted by molar-refractivity contribution is 5.99. The lowest BCUT2D eigenvalue weighted by atomic mass is 10.0. The van der Waals surface area contributed by atoms with Crippen LogP contribution in [0.3, 0.4) is 0 Å². The van der Waals surface area contributed by atoms with Gasteiger partial charge in [-0.25, -0.2) is 14.3 Å². The summed E-state index contributed by atoms with van der Waals surface area (Å²) in [5.41, 5.74) is 2.82. The second kappa shape index (κ2) is 10.0. The van der Waals surface area contributed by atoms with Crippen LogP contribution in [0.5, 0.6) is 5.75 Å². The van der Waals surface area contributed by atoms with Crippen LogP contribution in [0, 0.1) is 0 Å². The molecule has 0 radical (unpaired) electrons. The molecule has 0 spiro atoms. The van der Waals surface area contributed by atoms with Gasteiger partial charge >= 0.3 is 5.97 Å². The molecule has 0 saturated heterocycles. The minimum atomic E-state index is -1.08. The summed E-state index contributed by atoms with van der Waals surface area (Å²) < 4.78 is 6.84. The summed E-state index contributed by atoms with van der Waals surface area (Å²) in [7, 11) is 0. The Labute approximate surface area is 232 Å². The molecular formula is C28H24N6O7. The predicted molar refractivity (Wildman–Crippen MR) is 143 cm³/mol. The van der Waals surface area contributed by atoms with Crippen LogP contribution in [-0.2, 0) is 17.8 Å². The SMILES string of the molecule is CC1Oc2ccc(CNC(=O)c3cc(C(=O)N[C@@H]4c5ccc(C(=O)O)cc5C[C@@H]4O)n4nccc4n3)cc2NC1=O. The highest BCUT2D eigenvalue weighted by atomic mass is 16.5. The number of aliphatic hydroxyl groups excluding tert-OH is 1. The number of hydrogen-bond acceptors (Lipinski definition) is 8. The molecule has 4 aromatic rings. The number of nitrogens with one attached hydrogen (secondary N) is 3. The number of carboxylic acids is 1. The summed E-state index contributed by atoms with van der Waals surface area (Å²) in [6, 6.07) is 11.7. The summed E-state index contributed by atoms with van der Waals surface area (Å²) in [5, 5.41) is 32.4. The summed E-state index contributed by atoms with van der Waals surface area (Å²) in [5.74, 6) is -1.95. The number of carbonyl (C=O) groups is 4. The van der Waals surface area contributed by atoms with E-state index in [9.17, 15) is 29.4 Å². The molecule has 13 heteroatoms. The smallest absolute Gasteiger partial charge is 0.335 e. The minimum absolute atomic E-state index is 0.0231. The fourth-order valence-corrected chi connectivity index (χ4v) is 4.99. The summed E-state index contributed by atoms with van der Waals surface area (Å²) in [4.78, 5) is 54.0. The van der Waals surface area contributed by atoms with Crippen molar-refractivity contribution in [3.05, 3.63) is 88.4 Å². The lowest BCUT2D eigenvalue weighted by molar-refractivity contribution is -0.122. The molecule has 1 unspecified atom stereocenters. The molecule has 1 aliphatic heterocycles. The Kier molecular flexibility index (Phi) is 6.34. The first-order chi connectivity index (χ1) is 19.7. The van der Waals surface area contributed by atoms with Gasteiger partial charge in [0.25, 0.3) is 17.7 Å². The van der Waals surface area contributed by atoms with Crippen molar-refractivity contribution in [2.24, 2.45) is 0 Å². The second-order valence-electron chi connectivity index (χ2n) is 9.83. The van der Waals surface area contributed by atoms with E-state index in [1.54, 1.807) is 37.3 Å². The molecule has 0 saturated carbocycles. The molecule has 41 heavy (non-hydrogen) atoms. The van der Waals surface area contributed by atoms with Crippen molar-refractivity contribution in [2.75, 3.05) is 5.32 Å².